The summed E-state index contributed by atoms with van der Waals surface area (Å²) in [5.74, 6) is -0.770. The van der Waals surface area contributed by atoms with Crippen LogP contribution in [-0.4, -0.2) is 18.4 Å². The fourth-order valence-corrected chi connectivity index (χ4v) is 2.42. The average molecular weight is 342 g/mol. The zero-order valence-electron chi connectivity index (χ0n) is 11.8. The Morgan fingerprint density at radius 3 is 2.61 bits per heavy atom. The monoisotopic (exact) mass is 342 g/mol. The van der Waals surface area contributed by atoms with Gasteiger partial charge in [0.05, 0.1) is 5.56 Å². The molecule has 0 saturated carbocycles. The van der Waals surface area contributed by atoms with Crippen LogP contribution in [0.2, 0.25) is 0 Å². The van der Waals surface area contributed by atoms with Gasteiger partial charge in [-0.05, 0) is 29.6 Å². The van der Waals surface area contributed by atoms with Crippen LogP contribution in [0.3, 0.4) is 0 Å². The normalized spacial score (nSPS) is 11.1. The molecule has 0 fully saturated rings. The third-order valence-corrected chi connectivity index (χ3v) is 3.58. The predicted molar refractivity (Wildman–Crippen MR) is 81.3 cm³/mol. The zero-order chi connectivity index (χ0) is 16.9. The minimum atomic E-state index is -4.46. The van der Waals surface area contributed by atoms with Gasteiger partial charge in [-0.25, -0.2) is 0 Å². The quantitative estimate of drug-likeness (QED) is 0.873. The highest BCUT2D eigenvalue weighted by atomic mass is 32.1. The first-order valence-corrected chi connectivity index (χ1v) is 7.58. The van der Waals surface area contributed by atoms with Gasteiger partial charge in [-0.15, -0.1) is 0 Å². The number of thiophene rings is 1. The molecule has 1 aromatic heterocycles. The fraction of sp³-hybridized carbons (Fsp3) is 0.200. The molecule has 0 aliphatic carbocycles. The lowest BCUT2D eigenvalue weighted by molar-refractivity contribution is -0.137. The maximum Gasteiger partial charge on any atom is 0.416 e. The van der Waals surface area contributed by atoms with E-state index in [-0.39, 0.29) is 24.6 Å². The maximum atomic E-state index is 12.6. The number of hydrogen-bond donors (Lipinski definition) is 2. The van der Waals surface area contributed by atoms with Gasteiger partial charge in [0, 0.05) is 29.6 Å². The molecular weight excluding hydrogens is 329 g/mol. The van der Waals surface area contributed by atoms with E-state index in [2.05, 4.69) is 10.6 Å². The number of rotatable bonds is 5. The van der Waals surface area contributed by atoms with Crippen molar-refractivity contribution >= 4 is 28.8 Å². The molecule has 2 N–H and O–H groups in total. The van der Waals surface area contributed by atoms with E-state index in [0.717, 1.165) is 12.1 Å². The van der Waals surface area contributed by atoms with E-state index >= 15 is 0 Å². The van der Waals surface area contributed by atoms with Gasteiger partial charge in [-0.3, -0.25) is 9.59 Å². The van der Waals surface area contributed by atoms with Crippen LogP contribution in [0.25, 0.3) is 0 Å². The SMILES string of the molecule is O=C(CCNC(=O)c1ccsc1)Nc1cccc(C(F)(F)F)c1. The van der Waals surface area contributed by atoms with Crippen molar-refractivity contribution in [2.75, 3.05) is 11.9 Å². The third-order valence-electron chi connectivity index (χ3n) is 2.89. The number of amides is 2. The van der Waals surface area contributed by atoms with Gasteiger partial charge in [-0.1, -0.05) is 6.07 Å². The van der Waals surface area contributed by atoms with Crippen molar-refractivity contribution in [2.45, 2.75) is 12.6 Å². The molecule has 0 aliphatic heterocycles. The molecule has 1 aromatic carbocycles. The summed E-state index contributed by atoms with van der Waals surface area (Å²) in [6.07, 6.45) is -4.50. The zero-order valence-corrected chi connectivity index (χ0v) is 12.6. The first kappa shape index (κ1) is 17.0. The summed E-state index contributed by atoms with van der Waals surface area (Å²) < 4.78 is 37.7. The number of hydrogen-bond acceptors (Lipinski definition) is 3. The molecule has 8 heteroatoms. The number of benzene rings is 1. The molecule has 4 nitrogen and oxygen atoms in total. The van der Waals surface area contributed by atoms with E-state index in [1.54, 1.807) is 16.8 Å². The highest BCUT2D eigenvalue weighted by molar-refractivity contribution is 7.08. The molecule has 23 heavy (non-hydrogen) atoms. The average Bonchev–Trinajstić information content (AvgIpc) is 3.00. The number of nitrogens with one attached hydrogen (secondary N) is 2. The maximum absolute atomic E-state index is 12.6. The summed E-state index contributed by atoms with van der Waals surface area (Å²) in [6, 6.07) is 6.04. The van der Waals surface area contributed by atoms with Crippen LogP contribution in [0, 0.1) is 0 Å². The van der Waals surface area contributed by atoms with Crippen molar-refractivity contribution in [1.82, 2.24) is 5.32 Å². The number of carbonyl (C=O) groups is 2. The predicted octanol–water partition coefficient (Wildman–Crippen LogP) is 3.53. The smallest absolute Gasteiger partial charge is 0.351 e. The minimum Gasteiger partial charge on any atom is -0.351 e. The van der Waals surface area contributed by atoms with E-state index in [1.807, 2.05) is 0 Å². The molecule has 1 heterocycles. The summed E-state index contributed by atoms with van der Waals surface area (Å²) in [7, 11) is 0. The van der Waals surface area contributed by atoms with Crippen LogP contribution in [0.1, 0.15) is 22.3 Å². The van der Waals surface area contributed by atoms with Crippen molar-refractivity contribution in [2.24, 2.45) is 0 Å². The molecule has 0 unspecified atom stereocenters. The molecule has 0 saturated heterocycles. The first-order chi connectivity index (χ1) is 10.9. The van der Waals surface area contributed by atoms with Crippen molar-refractivity contribution in [3.63, 3.8) is 0 Å². The van der Waals surface area contributed by atoms with Crippen molar-refractivity contribution < 1.29 is 22.8 Å². The van der Waals surface area contributed by atoms with Crippen LogP contribution in [0.5, 0.6) is 0 Å². The third kappa shape index (κ3) is 5.10. The summed E-state index contributed by atoms with van der Waals surface area (Å²) in [6.45, 7) is 0.0967. The summed E-state index contributed by atoms with van der Waals surface area (Å²) >= 11 is 1.38. The van der Waals surface area contributed by atoms with Gasteiger partial charge in [-0.2, -0.15) is 24.5 Å². The van der Waals surface area contributed by atoms with Crippen LogP contribution in [-0.2, 0) is 11.0 Å². The standard InChI is InChI=1S/C15H13F3N2O2S/c16-15(17,18)11-2-1-3-12(8-11)20-13(21)4-6-19-14(22)10-5-7-23-9-10/h1-3,5,7-9H,4,6H2,(H,19,22)(H,20,21). The number of halogens is 3. The Kier molecular flexibility index (Phi) is 5.38. The Labute approximate surface area is 134 Å². The lowest BCUT2D eigenvalue weighted by atomic mass is 10.2. The van der Waals surface area contributed by atoms with Gasteiger partial charge in [0.1, 0.15) is 0 Å². The summed E-state index contributed by atoms with van der Waals surface area (Å²) in [4.78, 5) is 23.3. The van der Waals surface area contributed by atoms with E-state index < -0.39 is 17.6 Å². The van der Waals surface area contributed by atoms with Gasteiger partial charge >= 0.3 is 6.18 Å². The van der Waals surface area contributed by atoms with Crippen molar-refractivity contribution in [3.8, 4) is 0 Å². The molecule has 0 spiro atoms. The minimum absolute atomic E-state index is 0.0356. The highest BCUT2D eigenvalue weighted by Gasteiger charge is 2.30. The Morgan fingerprint density at radius 2 is 1.96 bits per heavy atom. The molecule has 0 bridgehead atoms. The van der Waals surface area contributed by atoms with Crippen LogP contribution in [0.4, 0.5) is 18.9 Å². The second-order valence-corrected chi connectivity index (χ2v) is 5.42. The topological polar surface area (TPSA) is 58.2 Å². The van der Waals surface area contributed by atoms with Crippen molar-refractivity contribution in [3.05, 3.63) is 52.2 Å². The van der Waals surface area contributed by atoms with E-state index in [4.69, 9.17) is 0 Å². The van der Waals surface area contributed by atoms with Crippen LogP contribution >= 0.6 is 11.3 Å². The first-order valence-electron chi connectivity index (χ1n) is 6.64. The lowest BCUT2D eigenvalue weighted by Crippen LogP contribution is -2.27. The summed E-state index contributed by atoms with van der Waals surface area (Å²) in [5.41, 5.74) is -0.261. The number of anilines is 1. The van der Waals surface area contributed by atoms with Gasteiger partial charge in [0.25, 0.3) is 5.91 Å². The molecule has 0 aliphatic rings. The highest BCUT2D eigenvalue weighted by Crippen LogP contribution is 2.30. The fourth-order valence-electron chi connectivity index (χ4n) is 1.78. The Morgan fingerprint density at radius 1 is 1.17 bits per heavy atom. The van der Waals surface area contributed by atoms with Gasteiger partial charge in [0.15, 0.2) is 0 Å². The molecule has 2 aromatic rings. The Hall–Kier alpha value is -2.35. The number of carbonyl (C=O) groups excluding carboxylic acids is 2. The van der Waals surface area contributed by atoms with Gasteiger partial charge in [0.2, 0.25) is 5.91 Å². The van der Waals surface area contributed by atoms with E-state index in [1.165, 1.54) is 23.5 Å². The summed E-state index contributed by atoms with van der Waals surface area (Å²) in [5, 5.41) is 8.38. The molecular formula is C15H13F3N2O2S. The largest absolute Gasteiger partial charge is 0.416 e. The molecule has 0 atom stereocenters. The van der Waals surface area contributed by atoms with Gasteiger partial charge < -0.3 is 10.6 Å². The molecule has 2 rings (SSSR count). The second-order valence-electron chi connectivity index (χ2n) is 4.64. The van der Waals surface area contributed by atoms with Crippen LogP contribution < -0.4 is 10.6 Å². The Bertz CT molecular complexity index is 684. The number of alkyl halides is 3. The molecule has 0 radical (unpaired) electrons. The second kappa shape index (κ2) is 7.28. The Balaban J connectivity index is 1.82. The van der Waals surface area contributed by atoms with E-state index in [9.17, 15) is 22.8 Å². The van der Waals surface area contributed by atoms with Crippen LogP contribution in [0.15, 0.2) is 41.1 Å². The van der Waals surface area contributed by atoms with Crippen molar-refractivity contribution in [1.29, 1.82) is 0 Å². The molecule has 2 amide bonds. The molecule has 122 valence electrons. The van der Waals surface area contributed by atoms with E-state index in [0.29, 0.717) is 5.56 Å². The lowest BCUT2D eigenvalue weighted by Gasteiger charge is -2.10.